The van der Waals surface area contributed by atoms with Crippen molar-refractivity contribution in [2.75, 3.05) is 0 Å². The van der Waals surface area contributed by atoms with E-state index in [1.807, 2.05) is 6.92 Å². The zero-order valence-electron chi connectivity index (χ0n) is 8.27. The highest BCUT2D eigenvalue weighted by atomic mass is 14.8. The van der Waals surface area contributed by atoms with Crippen LogP contribution in [-0.4, -0.2) is 9.97 Å². The molecule has 0 N–H and O–H groups in total. The van der Waals surface area contributed by atoms with Gasteiger partial charge in [0.05, 0.1) is 29.6 Å². The fourth-order valence-corrected chi connectivity index (χ4v) is 1.51. The second kappa shape index (κ2) is 3.75. The summed E-state index contributed by atoms with van der Waals surface area (Å²) < 4.78 is 0. The summed E-state index contributed by atoms with van der Waals surface area (Å²) in [6.07, 6.45) is 6.96. The summed E-state index contributed by atoms with van der Waals surface area (Å²) in [5.41, 5.74) is 1.72. The number of aryl methyl sites for hydroxylation is 1. The summed E-state index contributed by atoms with van der Waals surface area (Å²) >= 11 is 0. The van der Waals surface area contributed by atoms with Crippen LogP contribution in [0.5, 0.6) is 0 Å². The molecule has 72 valence electrons. The molecule has 14 heavy (non-hydrogen) atoms. The predicted molar refractivity (Wildman–Crippen MR) is 52.5 cm³/mol. The molecule has 0 radical (unpaired) electrons. The summed E-state index contributed by atoms with van der Waals surface area (Å²) in [6, 6.07) is 2.31. The number of hydrogen-bond donors (Lipinski definition) is 0. The molecule has 1 heterocycles. The van der Waals surface area contributed by atoms with Crippen molar-refractivity contribution in [3.63, 3.8) is 0 Å². The third kappa shape index (κ3) is 2.08. The van der Waals surface area contributed by atoms with Gasteiger partial charge in [0.25, 0.3) is 0 Å². The quantitative estimate of drug-likeness (QED) is 0.728. The first-order valence-electron chi connectivity index (χ1n) is 4.97. The van der Waals surface area contributed by atoms with Gasteiger partial charge in [-0.2, -0.15) is 5.26 Å². The molecule has 1 aromatic heterocycles. The second-order valence-electron chi connectivity index (χ2n) is 3.94. The first-order valence-corrected chi connectivity index (χ1v) is 4.97. The topological polar surface area (TPSA) is 49.6 Å². The average Bonchev–Trinajstić information content (AvgIpc) is 3.00. The Labute approximate surface area is 83.8 Å². The smallest absolute Gasteiger partial charge is 0.0903 e. The van der Waals surface area contributed by atoms with E-state index in [0.717, 1.165) is 23.7 Å². The van der Waals surface area contributed by atoms with Crippen LogP contribution < -0.4 is 0 Å². The lowest BCUT2D eigenvalue weighted by Crippen LogP contribution is -2.01. The van der Waals surface area contributed by atoms with E-state index in [-0.39, 0.29) is 5.92 Å². The van der Waals surface area contributed by atoms with Crippen LogP contribution in [0, 0.1) is 24.2 Å². The standard InChI is InChI=1S/C11H13N3/c1-8-6-14-11(7-13-8)10(5-12)4-9-2-3-9/h6-7,9-10H,2-4H2,1H3. The summed E-state index contributed by atoms with van der Waals surface area (Å²) in [4.78, 5) is 8.41. The third-order valence-corrected chi connectivity index (χ3v) is 2.58. The Kier molecular flexibility index (Phi) is 2.45. The van der Waals surface area contributed by atoms with Gasteiger partial charge in [-0.05, 0) is 19.3 Å². The first kappa shape index (κ1) is 9.14. The summed E-state index contributed by atoms with van der Waals surface area (Å²) in [5.74, 6) is 0.693. The Morgan fingerprint density at radius 1 is 1.50 bits per heavy atom. The third-order valence-electron chi connectivity index (χ3n) is 2.58. The zero-order valence-corrected chi connectivity index (χ0v) is 8.27. The van der Waals surface area contributed by atoms with Crippen molar-refractivity contribution in [1.29, 1.82) is 5.26 Å². The van der Waals surface area contributed by atoms with Gasteiger partial charge in [0, 0.05) is 6.20 Å². The maximum absolute atomic E-state index is 9.01. The van der Waals surface area contributed by atoms with Crippen LogP contribution in [0.3, 0.4) is 0 Å². The van der Waals surface area contributed by atoms with E-state index in [1.54, 1.807) is 12.4 Å². The highest BCUT2D eigenvalue weighted by Crippen LogP contribution is 2.37. The van der Waals surface area contributed by atoms with Gasteiger partial charge in [-0.1, -0.05) is 12.8 Å². The predicted octanol–water partition coefficient (Wildman–Crippen LogP) is 2.19. The molecule has 1 aromatic rings. The van der Waals surface area contributed by atoms with E-state index in [2.05, 4.69) is 16.0 Å². The van der Waals surface area contributed by atoms with Crippen molar-refractivity contribution in [2.45, 2.75) is 32.1 Å². The van der Waals surface area contributed by atoms with Gasteiger partial charge >= 0.3 is 0 Å². The van der Waals surface area contributed by atoms with Crippen LogP contribution in [0.25, 0.3) is 0 Å². The van der Waals surface area contributed by atoms with Gasteiger partial charge in [-0.15, -0.1) is 0 Å². The molecule has 0 saturated heterocycles. The van der Waals surface area contributed by atoms with Crippen LogP contribution in [0.15, 0.2) is 12.4 Å². The van der Waals surface area contributed by atoms with Gasteiger partial charge in [-0.25, -0.2) is 0 Å². The fraction of sp³-hybridized carbons (Fsp3) is 0.545. The maximum Gasteiger partial charge on any atom is 0.0903 e. The van der Waals surface area contributed by atoms with E-state index >= 15 is 0 Å². The molecule has 3 heteroatoms. The molecule has 1 aliphatic rings. The minimum Gasteiger partial charge on any atom is -0.258 e. The van der Waals surface area contributed by atoms with Gasteiger partial charge in [0.2, 0.25) is 0 Å². The SMILES string of the molecule is Cc1cnc(C(C#N)CC2CC2)cn1. The summed E-state index contributed by atoms with van der Waals surface area (Å²) in [7, 11) is 0. The fourth-order valence-electron chi connectivity index (χ4n) is 1.51. The molecule has 0 bridgehead atoms. The van der Waals surface area contributed by atoms with Gasteiger partial charge in [0.1, 0.15) is 0 Å². The monoisotopic (exact) mass is 187 g/mol. The van der Waals surface area contributed by atoms with E-state index in [4.69, 9.17) is 5.26 Å². The van der Waals surface area contributed by atoms with Crippen molar-refractivity contribution in [1.82, 2.24) is 9.97 Å². The lowest BCUT2D eigenvalue weighted by atomic mass is 10.0. The molecule has 1 unspecified atom stereocenters. The second-order valence-corrected chi connectivity index (χ2v) is 3.94. The molecule has 3 nitrogen and oxygen atoms in total. The number of nitrogens with zero attached hydrogens (tertiary/aromatic N) is 3. The van der Waals surface area contributed by atoms with E-state index in [0.29, 0.717) is 0 Å². The van der Waals surface area contributed by atoms with Crippen LogP contribution >= 0.6 is 0 Å². The Hall–Kier alpha value is -1.43. The Morgan fingerprint density at radius 2 is 2.29 bits per heavy atom. The molecule has 0 amide bonds. The highest BCUT2D eigenvalue weighted by Gasteiger charge is 2.26. The summed E-state index contributed by atoms with van der Waals surface area (Å²) in [5, 5.41) is 9.01. The minimum atomic E-state index is -0.0596. The van der Waals surface area contributed by atoms with E-state index in [9.17, 15) is 0 Å². The molecular weight excluding hydrogens is 174 g/mol. The van der Waals surface area contributed by atoms with Crippen molar-refractivity contribution in [2.24, 2.45) is 5.92 Å². The van der Waals surface area contributed by atoms with Gasteiger partial charge in [-0.3, -0.25) is 9.97 Å². The normalized spacial score (nSPS) is 17.4. The minimum absolute atomic E-state index is 0.0596. The molecule has 1 aliphatic carbocycles. The Morgan fingerprint density at radius 3 is 2.79 bits per heavy atom. The molecular formula is C11H13N3. The molecule has 1 saturated carbocycles. The van der Waals surface area contributed by atoms with Gasteiger partial charge < -0.3 is 0 Å². The van der Waals surface area contributed by atoms with Crippen molar-refractivity contribution >= 4 is 0 Å². The van der Waals surface area contributed by atoms with Crippen molar-refractivity contribution in [3.8, 4) is 6.07 Å². The number of rotatable bonds is 3. The van der Waals surface area contributed by atoms with Crippen molar-refractivity contribution in [3.05, 3.63) is 23.8 Å². The Bertz CT molecular complexity index is 346. The largest absolute Gasteiger partial charge is 0.258 e. The lowest BCUT2D eigenvalue weighted by Gasteiger charge is -2.06. The number of aromatic nitrogens is 2. The van der Waals surface area contributed by atoms with E-state index in [1.165, 1.54) is 12.8 Å². The van der Waals surface area contributed by atoms with Crippen molar-refractivity contribution < 1.29 is 0 Å². The van der Waals surface area contributed by atoms with Crippen LogP contribution in [0.4, 0.5) is 0 Å². The molecule has 2 rings (SSSR count). The number of nitriles is 1. The lowest BCUT2D eigenvalue weighted by molar-refractivity contribution is 0.654. The summed E-state index contributed by atoms with van der Waals surface area (Å²) in [6.45, 7) is 1.90. The zero-order chi connectivity index (χ0) is 9.97. The molecule has 0 aliphatic heterocycles. The molecule has 1 fully saturated rings. The molecule has 0 spiro atoms. The molecule has 1 atom stereocenters. The van der Waals surface area contributed by atoms with Crippen LogP contribution in [-0.2, 0) is 0 Å². The molecule has 0 aromatic carbocycles. The number of hydrogen-bond acceptors (Lipinski definition) is 3. The van der Waals surface area contributed by atoms with Crippen LogP contribution in [0.1, 0.15) is 36.6 Å². The van der Waals surface area contributed by atoms with Crippen LogP contribution in [0.2, 0.25) is 0 Å². The highest BCUT2D eigenvalue weighted by molar-refractivity contribution is 5.15. The first-order chi connectivity index (χ1) is 6.79. The average molecular weight is 187 g/mol. The van der Waals surface area contributed by atoms with Gasteiger partial charge in [0.15, 0.2) is 0 Å². The maximum atomic E-state index is 9.01. The Balaban J connectivity index is 2.10. The van der Waals surface area contributed by atoms with E-state index < -0.39 is 0 Å².